The highest BCUT2D eigenvalue weighted by atomic mass is 19.3. The van der Waals surface area contributed by atoms with Crippen molar-refractivity contribution in [3.05, 3.63) is 30.5 Å². The van der Waals surface area contributed by atoms with Crippen molar-refractivity contribution >= 4 is 0 Å². The number of ether oxygens (including phenoxy) is 1. The van der Waals surface area contributed by atoms with Gasteiger partial charge in [-0.25, -0.2) is 0 Å². The molecule has 0 fully saturated rings. The second kappa shape index (κ2) is 5.31. The van der Waals surface area contributed by atoms with Crippen molar-refractivity contribution in [2.45, 2.75) is 13.0 Å². The molecule has 19 heavy (non-hydrogen) atoms. The summed E-state index contributed by atoms with van der Waals surface area (Å²) in [7, 11) is 0. The molecule has 2 aromatic rings. The zero-order chi connectivity index (χ0) is 13.9. The molecule has 102 valence electrons. The minimum atomic E-state index is -3.45. The largest absolute Gasteiger partial charge is 0.494 e. The van der Waals surface area contributed by atoms with E-state index in [-0.39, 0.29) is 0 Å². The Morgan fingerprint density at radius 2 is 2.00 bits per heavy atom. The van der Waals surface area contributed by atoms with E-state index in [4.69, 9.17) is 9.84 Å². The van der Waals surface area contributed by atoms with Crippen LogP contribution in [0.1, 0.15) is 6.92 Å². The number of aliphatic hydroxyl groups is 1. The van der Waals surface area contributed by atoms with Crippen LogP contribution in [-0.4, -0.2) is 33.3 Å². The predicted molar refractivity (Wildman–Crippen MR) is 63.9 cm³/mol. The summed E-state index contributed by atoms with van der Waals surface area (Å²) in [6.45, 7) is 1.10. The van der Waals surface area contributed by atoms with Crippen molar-refractivity contribution in [3.8, 4) is 17.0 Å². The van der Waals surface area contributed by atoms with Gasteiger partial charge in [0.05, 0.1) is 12.8 Å². The van der Waals surface area contributed by atoms with Crippen LogP contribution in [-0.2, 0) is 6.05 Å². The molecular formula is C12H13F2N3O2. The Hall–Kier alpha value is -2.02. The van der Waals surface area contributed by atoms with Crippen LogP contribution in [0.15, 0.2) is 30.5 Å². The molecule has 0 aliphatic heterocycles. The first kappa shape index (κ1) is 13.4. The van der Waals surface area contributed by atoms with E-state index in [1.165, 1.54) is 0 Å². The molecule has 0 saturated heterocycles. The van der Waals surface area contributed by atoms with E-state index in [1.54, 1.807) is 24.3 Å². The Labute approximate surface area is 108 Å². The number of nitrogens with zero attached hydrogens (tertiary/aromatic N) is 3. The number of halogens is 2. The van der Waals surface area contributed by atoms with Crippen LogP contribution in [0.5, 0.6) is 5.75 Å². The Morgan fingerprint density at radius 1 is 1.32 bits per heavy atom. The minimum absolute atomic E-state index is 0.302. The van der Waals surface area contributed by atoms with Gasteiger partial charge in [0.2, 0.25) is 0 Å². The molecule has 0 spiro atoms. The Bertz CT molecular complexity index is 540. The van der Waals surface area contributed by atoms with E-state index in [1.807, 2.05) is 6.92 Å². The second-order valence-electron chi connectivity index (χ2n) is 3.83. The fourth-order valence-electron chi connectivity index (χ4n) is 1.52. The molecule has 0 aliphatic rings. The van der Waals surface area contributed by atoms with Gasteiger partial charge in [-0.3, -0.25) is 0 Å². The van der Waals surface area contributed by atoms with Crippen molar-refractivity contribution in [2.75, 3.05) is 13.2 Å². The summed E-state index contributed by atoms with van der Waals surface area (Å²) in [5, 5.41) is 15.5. The molecule has 0 bridgehead atoms. The fourth-order valence-corrected chi connectivity index (χ4v) is 1.52. The van der Waals surface area contributed by atoms with Crippen molar-refractivity contribution in [2.24, 2.45) is 0 Å². The summed E-state index contributed by atoms with van der Waals surface area (Å²) in [5.74, 6) is 0.694. The van der Waals surface area contributed by atoms with Gasteiger partial charge in [-0.1, -0.05) is 5.21 Å². The van der Waals surface area contributed by atoms with E-state index >= 15 is 0 Å². The lowest BCUT2D eigenvalue weighted by molar-refractivity contribution is -0.131. The van der Waals surface area contributed by atoms with Gasteiger partial charge in [0.25, 0.3) is 0 Å². The molecule has 7 heteroatoms. The average Bonchev–Trinajstić information content (AvgIpc) is 2.90. The van der Waals surface area contributed by atoms with Gasteiger partial charge < -0.3 is 9.84 Å². The summed E-state index contributed by atoms with van der Waals surface area (Å²) >= 11 is 0. The lowest BCUT2D eigenvalue weighted by Gasteiger charge is -2.11. The predicted octanol–water partition coefficient (Wildman–Crippen LogP) is 1.89. The number of aliphatic hydroxyl groups excluding tert-OH is 1. The topological polar surface area (TPSA) is 60.2 Å². The quantitative estimate of drug-likeness (QED) is 0.900. The maximum atomic E-state index is 13.2. The number of alkyl halides is 2. The van der Waals surface area contributed by atoms with Crippen LogP contribution in [0.3, 0.4) is 0 Å². The van der Waals surface area contributed by atoms with Gasteiger partial charge in [0.1, 0.15) is 18.1 Å². The molecule has 5 nitrogen and oxygen atoms in total. The Morgan fingerprint density at radius 3 is 2.58 bits per heavy atom. The first-order valence-corrected chi connectivity index (χ1v) is 5.71. The lowest BCUT2D eigenvalue weighted by Crippen LogP contribution is -2.27. The highest BCUT2D eigenvalue weighted by molar-refractivity contribution is 5.58. The van der Waals surface area contributed by atoms with Gasteiger partial charge in [-0.15, -0.1) is 5.10 Å². The smallest absolute Gasteiger partial charge is 0.367 e. The Kier molecular flexibility index (Phi) is 3.75. The molecule has 1 aromatic heterocycles. The maximum absolute atomic E-state index is 13.2. The first-order chi connectivity index (χ1) is 9.06. The molecule has 1 N–H and O–H groups in total. The molecular weight excluding hydrogens is 256 g/mol. The van der Waals surface area contributed by atoms with Gasteiger partial charge in [-0.05, 0) is 31.2 Å². The number of hydrogen-bond acceptors (Lipinski definition) is 4. The van der Waals surface area contributed by atoms with Crippen molar-refractivity contribution in [1.82, 2.24) is 15.0 Å². The van der Waals surface area contributed by atoms with Crippen molar-refractivity contribution < 1.29 is 18.6 Å². The van der Waals surface area contributed by atoms with Crippen LogP contribution in [0.2, 0.25) is 0 Å². The van der Waals surface area contributed by atoms with Gasteiger partial charge in [0, 0.05) is 5.56 Å². The van der Waals surface area contributed by atoms with Crippen LogP contribution in [0.25, 0.3) is 11.3 Å². The van der Waals surface area contributed by atoms with Crippen LogP contribution < -0.4 is 4.74 Å². The third-order valence-electron chi connectivity index (χ3n) is 2.48. The summed E-state index contributed by atoms with van der Waals surface area (Å²) < 4.78 is 32.0. The van der Waals surface area contributed by atoms with Crippen molar-refractivity contribution in [3.63, 3.8) is 0 Å². The molecule has 2 rings (SSSR count). The summed E-state index contributed by atoms with van der Waals surface area (Å²) in [6.07, 6.45) is 1.09. The zero-order valence-corrected chi connectivity index (χ0v) is 10.3. The molecule has 1 aromatic carbocycles. The average molecular weight is 269 g/mol. The monoisotopic (exact) mass is 269 g/mol. The highest BCUT2D eigenvalue weighted by Crippen LogP contribution is 2.24. The van der Waals surface area contributed by atoms with E-state index < -0.39 is 12.7 Å². The molecule has 0 saturated carbocycles. The van der Waals surface area contributed by atoms with Gasteiger partial charge >= 0.3 is 6.05 Å². The molecule has 0 unspecified atom stereocenters. The summed E-state index contributed by atoms with van der Waals surface area (Å²) in [4.78, 5) is 0. The lowest BCUT2D eigenvalue weighted by atomic mass is 10.2. The zero-order valence-electron chi connectivity index (χ0n) is 10.3. The summed E-state index contributed by atoms with van der Waals surface area (Å²) in [5.41, 5.74) is 0.944. The van der Waals surface area contributed by atoms with E-state index in [0.29, 0.717) is 28.3 Å². The minimum Gasteiger partial charge on any atom is -0.494 e. The first-order valence-electron chi connectivity index (χ1n) is 5.71. The van der Waals surface area contributed by atoms with Crippen molar-refractivity contribution in [1.29, 1.82) is 0 Å². The molecule has 1 heterocycles. The maximum Gasteiger partial charge on any atom is 0.367 e. The number of rotatable bonds is 5. The standard InChI is InChI=1S/C12H13F2N3O2/c1-2-19-10-5-3-9(4-6-10)11-7-17(16-15-11)12(13,14)8-18/h3-7,18H,2,8H2,1H3. The van der Waals surface area contributed by atoms with Crippen LogP contribution in [0.4, 0.5) is 8.78 Å². The van der Waals surface area contributed by atoms with Crippen LogP contribution >= 0.6 is 0 Å². The van der Waals surface area contributed by atoms with Gasteiger partial charge in [-0.2, -0.15) is 13.5 Å². The summed E-state index contributed by atoms with van der Waals surface area (Å²) in [6, 6.07) is 3.41. The SMILES string of the molecule is CCOc1ccc(-c2cn(C(F)(F)CO)nn2)cc1. The number of benzene rings is 1. The third kappa shape index (κ3) is 2.87. The molecule has 0 amide bonds. The number of aromatic nitrogens is 3. The molecule has 0 atom stereocenters. The van der Waals surface area contributed by atoms with E-state index in [2.05, 4.69) is 10.3 Å². The molecule has 0 radical (unpaired) electrons. The fraction of sp³-hybridized carbons (Fsp3) is 0.333. The van der Waals surface area contributed by atoms with Gasteiger partial charge in [0.15, 0.2) is 0 Å². The molecule has 0 aliphatic carbocycles. The highest BCUT2D eigenvalue weighted by Gasteiger charge is 2.31. The Balaban J connectivity index is 2.23. The van der Waals surface area contributed by atoms with Crippen LogP contribution in [0, 0.1) is 0 Å². The number of hydrogen-bond donors (Lipinski definition) is 1. The second-order valence-corrected chi connectivity index (χ2v) is 3.83. The normalized spacial score (nSPS) is 11.6. The third-order valence-corrected chi connectivity index (χ3v) is 2.48. The van der Waals surface area contributed by atoms with E-state index in [0.717, 1.165) is 6.20 Å². The van der Waals surface area contributed by atoms with E-state index in [9.17, 15) is 8.78 Å².